The maximum atomic E-state index is 11.7. The van der Waals surface area contributed by atoms with E-state index in [1.807, 2.05) is 26.0 Å². The Morgan fingerprint density at radius 3 is 2.33 bits per heavy atom. The van der Waals surface area contributed by atoms with Gasteiger partial charge in [-0.1, -0.05) is 29.3 Å². The van der Waals surface area contributed by atoms with Crippen molar-refractivity contribution in [2.24, 2.45) is 0 Å². The molecular formula is C15H21NO2. The fraction of sp³-hybridized carbons (Fsp3) is 0.400. The SMILES string of the molecule is Cc1cc(C)cc(/C=C/C(=O)NC(C)(C)CO)c1. The summed E-state index contributed by atoms with van der Waals surface area (Å²) in [5.41, 5.74) is 2.75. The van der Waals surface area contributed by atoms with Crippen LogP contribution in [0.25, 0.3) is 6.08 Å². The molecule has 0 unspecified atom stereocenters. The second-order valence-electron chi connectivity index (χ2n) is 5.29. The highest BCUT2D eigenvalue weighted by molar-refractivity contribution is 5.92. The van der Waals surface area contributed by atoms with Gasteiger partial charge in [-0.3, -0.25) is 4.79 Å². The zero-order valence-corrected chi connectivity index (χ0v) is 11.4. The molecule has 18 heavy (non-hydrogen) atoms. The molecule has 3 heteroatoms. The van der Waals surface area contributed by atoms with Crippen LogP contribution in [0.1, 0.15) is 30.5 Å². The maximum absolute atomic E-state index is 11.7. The van der Waals surface area contributed by atoms with Crippen LogP contribution in [-0.2, 0) is 4.79 Å². The Morgan fingerprint density at radius 2 is 1.83 bits per heavy atom. The number of carbonyl (C=O) groups excluding carboxylic acids is 1. The molecule has 1 amide bonds. The van der Waals surface area contributed by atoms with Crippen molar-refractivity contribution in [1.82, 2.24) is 5.32 Å². The van der Waals surface area contributed by atoms with Crippen molar-refractivity contribution >= 4 is 12.0 Å². The van der Waals surface area contributed by atoms with E-state index in [1.165, 1.54) is 17.2 Å². The number of rotatable bonds is 4. The van der Waals surface area contributed by atoms with E-state index in [0.29, 0.717) is 0 Å². The van der Waals surface area contributed by atoms with E-state index in [4.69, 9.17) is 5.11 Å². The molecular weight excluding hydrogens is 226 g/mol. The number of aliphatic hydroxyl groups excluding tert-OH is 1. The van der Waals surface area contributed by atoms with Crippen LogP contribution in [0.4, 0.5) is 0 Å². The number of hydrogen-bond acceptors (Lipinski definition) is 2. The monoisotopic (exact) mass is 247 g/mol. The number of aliphatic hydroxyl groups is 1. The molecule has 0 saturated carbocycles. The first kappa shape index (κ1) is 14.5. The van der Waals surface area contributed by atoms with E-state index in [-0.39, 0.29) is 12.5 Å². The van der Waals surface area contributed by atoms with Crippen molar-refractivity contribution in [2.45, 2.75) is 33.2 Å². The average Bonchev–Trinajstić information content (AvgIpc) is 2.24. The van der Waals surface area contributed by atoms with Gasteiger partial charge in [0.15, 0.2) is 0 Å². The molecule has 0 radical (unpaired) electrons. The van der Waals surface area contributed by atoms with Gasteiger partial charge in [0.05, 0.1) is 12.1 Å². The van der Waals surface area contributed by atoms with E-state index < -0.39 is 5.54 Å². The first-order chi connectivity index (χ1) is 8.32. The molecule has 0 aliphatic heterocycles. The summed E-state index contributed by atoms with van der Waals surface area (Å²) >= 11 is 0. The Labute approximate surface area is 109 Å². The molecule has 1 aromatic rings. The van der Waals surface area contributed by atoms with E-state index in [1.54, 1.807) is 19.9 Å². The number of nitrogens with one attached hydrogen (secondary N) is 1. The van der Waals surface area contributed by atoms with Crippen LogP contribution >= 0.6 is 0 Å². The Morgan fingerprint density at radius 1 is 1.28 bits per heavy atom. The zero-order valence-electron chi connectivity index (χ0n) is 11.4. The third-order valence-corrected chi connectivity index (χ3v) is 2.53. The topological polar surface area (TPSA) is 49.3 Å². The van der Waals surface area contributed by atoms with Gasteiger partial charge in [0.1, 0.15) is 0 Å². The number of carbonyl (C=O) groups is 1. The molecule has 0 aromatic heterocycles. The molecule has 0 bridgehead atoms. The molecule has 0 fully saturated rings. The Hall–Kier alpha value is -1.61. The Balaban J connectivity index is 2.72. The number of hydrogen-bond donors (Lipinski definition) is 2. The van der Waals surface area contributed by atoms with Gasteiger partial charge in [0, 0.05) is 6.08 Å². The zero-order chi connectivity index (χ0) is 13.8. The van der Waals surface area contributed by atoms with Crippen LogP contribution in [0.2, 0.25) is 0 Å². The van der Waals surface area contributed by atoms with Crippen molar-refractivity contribution in [3.63, 3.8) is 0 Å². The fourth-order valence-electron chi connectivity index (χ4n) is 1.69. The lowest BCUT2D eigenvalue weighted by molar-refractivity contribution is -0.118. The van der Waals surface area contributed by atoms with Crippen LogP contribution < -0.4 is 5.32 Å². The van der Waals surface area contributed by atoms with Gasteiger partial charge in [0.25, 0.3) is 0 Å². The second kappa shape index (κ2) is 5.83. The van der Waals surface area contributed by atoms with Crippen molar-refractivity contribution in [3.8, 4) is 0 Å². The van der Waals surface area contributed by atoms with Crippen LogP contribution in [-0.4, -0.2) is 23.2 Å². The van der Waals surface area contributed by atoms with Gasteiger partial charge in [-0.15, -0.1) is 0 Å². The molecule has 0 atom stereocenters. The van der Waals surface area contributed by atoms with Crippen molar-refractivity contribution in [3.05, 3.63) is 41.0 Å². The molecule has 3 nitrogen and oxygen atoms in total. The van der Waals surface area contributed by atoms with Crippen molar-refractivity contribution in [2.75, 3.05) is 6.61 Å². The first-order valence-corrected chi connectivity index (χ1v) is 6.02. The standard InChI is InChI=1S/C15H21NO2/c1-11-7-12(2)9-13(8-11)5-6-14(18)16-15(3,4)10-17/h5-9,17H,10H2,1-4H3,(H,16,18)/b6-5+. The molecule has 98 valence electrons. The summed E-state index contributed by atoms with van der Waals surface area (Å²) < 4.78 is 0. The summed E-state index contributed by atoms with van der Waals surface area (Å²) in [5.74, 6) is -0.201. The third-order valence-electron chi connectivity index (χ3n) is 2.53. The average molecular weight is 247 g/mol. The maximum Gasteiger partial charge on any atom is 0.244 e. The number of benzene rings is 1. The quantitative estimate of drug-likeness (QED) is 0.801. The van der Waals surface area contributed by atoms with Crippen LogP contribution in [0.15, 0.2) is 24.3 Å². The number of amides is 1. The van der Waals surface area contributed by atoms with Gasteiger partial charge in [-0.25, -0.2) is 0 Å². The molecule has 0 aliphatic rings. The van der Waals surface area contributed by atoms with Gasteiger partial charge in [0.2, 0.25) is 5.91 Å². The lowest BCUT2D eigenvalue weighted by Gasteiger charge is -2.22. The fourth-order valence-corrected chi connectivity index (χ4v) is 1.69. The van der Waals surface area contributed by atoms with E-state index in [0.717, 1.165) is 5.56 Å². The normalized spacial score (nSPS) is 11.8. The minimum Gasteiger partial charge on any atom is -0.394 e. The van der Waals surface area contributed by atoms with E-state index in [9.17, 15) is 4.79 Å². The second-order valence-corrected chi connectivity index (χ2v) is 5.29. The largest absolute Gasteiger partial charge is 0.394 e. The summed E-state index contributed by atoms with van der Waals surface area (Å²) in [6.45, 7) is 7.51. The minimum absolute atomic E-state index is 0.0872. The first-order valence-electron chi connectivity index (χ1n) is 6.02. The summed E-state index contributed by atoms with van der Waals surface area (Å²) in [5, 5.41) is 11.8. The summed E-state index contributed by atoms with van der Waals surface area (Å²) in [4.78, 5) is 11.7. The third kappa shape index (κ3) is 4.72. The summed E-state index contributed by atoms with van der Waals surface area (Å²) in [7, 11) is 0. The molecule has 0 heterocycles. The number of aryl methyl sites for hydroxylation is 2. The smallest absolute Gasteiger partial charge is 0.244 e. The Bertz CT molecular complexity index is 441. The van der Waals surface area contributed by atoms with Crippen molar-refractivity contribution in [1.29, 1.82) is 0 Å². The minimum atomic E-state index is -0.593. The van der Waals surface area contributed by atoms with E-state index >= 15 is 0 Å². The van der Waals surface area contributed by atoms with Gasteiger partial charge < -0.3 is 10.4 Å². The van der Waals surface area contributed by atoms with Crippen molar-refractivity contribution < 1.29 is 9.90 Å². The van der Waals surface area contributed by atoms with Crippen LogP contribution in [0, 0.1) is 13.8 Å². The summed E-state index contributed by atoms with van der Waals surface area (Å²) in [6, 6.07) is 6.13. The molecule has 0 aliphatic carbocycles. The molecule has 0 saturated heterocycles. The van der Waals surface area contributed by atoms with E-state index in [2.05, 4.69) is 11.4 Å². The van der Waals surface area contributed by atoms with Gasteiger partial charge in [-0.2, -0.15) is 0 Å². The molecule has 2 N–H and O–H groups in total. The van der Waals surface area contributed by atoms with Gasteiger partial charge >= 0.3 is 0 Å². The summed E-state index contributed by atoms with van der Waals surface area (Å²) in [6.07, 6.45) is 3.27. The predicted octanol–water partition coefficient (Wildman–Crippen LogP) is 2.20. The van der Waals surface area contributed by atoms with Crippen LogP contribution in [0.3, 0.4) is 0 Å². The van der Waals surface area contributed by atoms with Gasteiger partial charge in [-0.05, 0) is 39.3 Å². The van der Waals surface area contributed by atoms with Crippen LogP contribution in [0.5, 0.6) is 0 Å². The molecule has 1 aromatic carbocycles. The highest BCUT2D eigenvalue weighted by atomic mass is 16.3. The Kier molecular flexibility index (Phi) is 4.68. The molecule has 0 spiro atoms. The predicted molar refractivity (Wildman–Crippen MR) is 74.3 cm³/mol. The highest BCUT2D eigenvalue weighted by Crippen LogP contribution is 2.10. The molecule has 1 rings (SSSR count). The lowest BCUT2D eigenvalue weighted by atomic mass is 10.1. The lowest BCUT2D eigenvalue weighted by Crippen LogP contribution is -2.45. The highest BCUT2D eigenvalue weighted by Gasteiger charge is 2.17.